The molecule has 2 aliphatic heterocycles. The number of amides is 1. The topological polar surface area (TPSA) is 74.6 Å². The van der Waals surface area contributed by atoms with E-state index in [0.717, 1.165) is 6.54 Å². The molecule has 0 spiro atoms. The number of hydrogen-bond donors (Lipinski definition) is 3. The Morgan fingerprint density at radius 1 is 1.40 bits per heavy atom. The average molecular weight is 347 g/mol. The zero-order valence-corrected chi connectivity index (χ0v) is 15.0. The Bertz CT molecular complexity index is 632. The van der Waals surface area contributed by atoms with E-state index in [2.05, 4.69) is 28.4 Å². The van der Waals surface area contributed by atoms with Gasteiger partial charge in [-0.05, 0) is 13.8 Å². The summed E-state index contributed by atoms with van der Waals surface area (Å²) in [7, 11) is 1.66. The summed E-state index contributed by atoms with van der Waals surface area (Å²) in [5, 5.41) is 3.02. The molecule has 1 fully saturated rings. The minimum Gasteiger partial charge on any atom is -0.377 e. The highest BCUT2D eigenvalue weighted by Gasteiger charge is 2.40. The molecule has 3 rings (SSSR count). The summed E-state index contributed by atoms with van der Waals surface area (Å²) in [6.45, 7) is 5.39. The van der Waals surface area contributed by atoms with Gasteiger partial charge in [-0.2, -0.15) is 10.9 Å². The smallest absolute Gasteiger partial charge is 0.252 e. The maximum atomic E-state index is 12.4. The second-order valence-corrected chi connectivity index (χ2v) is 7.06. The minimum absolute atomic E-state index is 0.0199. The molecule has 1 aromatic rings. The van der Waals surface area contributed by atoms with Crippen molar-refractivity contribution in [2.75, 3.05) is 13.7 Å². The summed E-state index contributed by atoms with van der Waals surface area (Å²) in [4.78, 5) is 17.9. The molecule has 1 amide bonds. The number of hydrazone groups is 1. The van der Waals surface area contributed by atoms with Crippen LogP contribution in [0.4, 0.5) is 0 Å². The van der Waals surface area contributed by atoms with Crippen LogP contribution in [0.15, 0.2) is 30.3 Å². The Balaban J connectivity index is 1.51. The number of hydroxylamine groups is 1. The molecule has 7 heteroatoms. The molecule has 0 bridgehead atoms. The molecular formula is C18H27N4O3+. The molecule has 3 N–H and O–H groups in total. The van der Waals surface area contributed by atoms with Gasteiger partial charge >= 0.3 is 0 Å². The van der Waals surface area contributed by atoms with Gasteiger partial charge in [0.1, 0.15) is 6.04 Å². The second kappa shape index (κ2) is 7.51. The Labute approximate surface area is 148 Å². The van der Waals surface area contributed by atoms with E-state index in [1.807, 2.05) is 42.9 Å². The van der Waals surface area contributed by atoms with Crippen LogP contribution in [0.5, 0.6) is 0 Å². The summed E-state index contributed by atoms with van der Waals surface area (Å²) in [5.41, 5.74) is 7.03. The van der Waals surface area contributed by atoms with Gasteiger partial charge in [0.15, 0.2) is 18.9 Å². The first-order valence-electron chi connectivity index (χ1n) is 8.63. The molecule has 3 unspecified atom stereocenters. The zero-order chi connectivity index (χ0) is 17.9. The molecule has 2 aliphatic rings. The molecule has 0 saturated carbocycles. The van der Waals surface area contributed by atoms with E-state index in [4.69, 9.17) is 9.57 Å². The monoisotopic (exact) mass is 347 g/mol. The second-order valence-electron chi connectivity index (χ2n) is 7.06. The summed E-state index contributed by atoms with van der Waals surface area (Å²) < 4.78 is 7.46. The number of carbonyl (C=O) groups excluding carboxylic acids is 1. The quantitative estimate of drug-likeness (QED) is 0.648. The van der Waals surface area contributed by atoms with Crippen molar-refractivity contribution in [1.29, 1.82) is 0 Å². The Morgan fingerprint density at radius 3 is 2.88 bits per heavy atom. The van der Waals surface area contributed by atoms with E-state index in [1.54, 1.807) is 7.11 Å². The number of benzene rings is 1. The number of hydrogen-bond acceptors (Lipinski definition) is 5. The Hall–Kier alpha value is -1.96. The SMILES string of the molecule is COC(C)(C)C1CC(C(=O)NC2C=[N+](Cc3ccccc3)NC2)ON1. The summed E-state index contributed by atoms with van der Waals surface area (Å²) in [5.74, 6) is -0.105. The predicted octanol–water partition coefficient (Wildman–Crippen LogP) is 0.360. The summed E-state index contributed by atoms with van der Waals surface area (Å²) >= 11 is 0. The van der Waals surface area contributed by atoms with Crippen molar-refractivity contribution in [3.8, 4) is 0 Å². The molecule has 3 atom stereocenters. The highest BCUT2D eigenvalue weighted by atomic mass is 16.7. The lowest BCUT2D eigenvalue weighted by Gasteiger charge is -2.28. The number of hydrazine groups is 1. The Kier molecular flexibility index (Phi) is 5.36. The third-order valence-corrected chi connectivity index (χ3v) is 4.86. The number of methoxy groups -OCH3 is 1. The lowest BCUT2D eigenvalue weighted by molar-refractivity contribution is -0.590. The van der Waals surface area contributed by atoms with Crippen molar-refractivity contribution in [1.82, 2.24) is 16.2 Å². The van der Waals surface area contributed by atoms with Crippen molar-refractivity contribution in [3.05, 3.63) is 35.9 Å². The van der Waals surface area contributed by atoms with Gasteiger partial charge in [0.2, 0.25) is 0 Å². The molecule has 25 heavy (non-hydrogen) atoms. The van der Waals surface area contributed by atoms with Crippen LogP contribution in [0.3, 0.4) is 0 Å². The Morgan fingerprint density at radius 2 is 2.16 bits per heavy atom. The molecule has 0 aromatic heterocycles. The van der Waals surface area contributed by atoms with Crippen LogP contribution >= 0.6 is 0 Å². The van der Waals surface area contributed by atoms with E-state index < -0.39 is 6.10 Å². The molecular weight excluding hydrogens is 320 g/mol. The van der Waals surface area contributed by atoms with Gasteiger partial charge in [-0.3, -0.25) is 9.63 Å². The van der Waals surface area contributed by atoms with E-state index in [-0.39, 0.29) is 23.6 Å². The van der Waals surface area contributed by atoms with E-state index in [9.17, 15) is 4.79 Å². The average Bonchev–Trinajstić information content (AvgIpc) is 3.26. The largest absolute Gasteiger partial charge is 0.377 e. The molecule has 2 heterocycles. The van der Waals surface area contributed by atoms with Crippen LogP contribution in [-0.2, 0) is 20.9 Å². The van der Waals surface area contributed by atoms with Crippen molar-refractivity contribution >= 4 is 12.1 Å². The molecule has 1 aromatic carbocycles. The van der Waals surface area contributed by atoms with E-state index >= 15 is 0 Å². The number of nitrogens with zero attached hydrogens (tertiary/aromatic N) is 1. The zero-order valence-electron chi connectivity index (χ0n) is 15.0. The summed E-state index contributed by atoms with van der Waals surface area (Å²) in [6, 6.07) is 10.1. The van der Waals surface area contributed by atoms with Crippen molar-refractivity contribution in [2.45, 2.75) is 50.6 Å². The number of rotatable bonds is 6. The van der Waals surface area contributed by atoms with E-state index in [1.165, 1.54) is 5.56 Å². The van der Waals surface area contributed by atoms with Gasteiger partial charge in [-0.1, -0.05) is 30.3 Å². The van der Waals surface area contributed by atoms with Crippen LogP contribution in [0.25, 0.3) is 0 Å². The van der Waals surface area contributed by atoms with Crippen LogP contribution < -0.4 is 16.2 Å². The third-order valence-electron chi connectivity index (χ3n) is 4.86. The van der Waals surface area contributed by atoms with Crippen molar-refractivity contribution in [3.63, 3.8) is 0 Å². The standard InChI is InChI=1S/C18H26N4O3/c1-18(2,24-3)16-9-15(25-21-16)17(23)20-14-10-19-22(12-14)11-13-7-5-4-6-8-13/h4-8,12,14-16,19,21H,9-11H2,1-3H3/p+1. The maximum Gasteiger partial charge on any atom is 0.252 e. The normalized spacial score (nSPS) is 26.2. The number of nitrogens with one attached hydrogen (secondary N) is 3. The molecule has 7 nitrogen and oxygen atoms in total. The fraction of sp³-hybridized carbons (Fsp3) is 0.556. The first-order chi connectivity index (χ1) is 12.0. The van der Waals surface area contributed by atoms with Gasteiger partial charge in [0, 0.05) is 19.1 Å². The van der Waals surface area contributed by atoms with Crippen molar-refractivity contribution < 1.29 is 19.1 Å². The van der Waals surface area contributed by atoms with Gasteiger partial charge in [0.05, 0.1) is 18.2 Å². The first-order valence-corrected chi connectivity index (χ1v) is 8.63. The minimum atomic E-state index is -0.504. The van der Waals surface area contributed by atoms with Gasteiger partial charge in [-0.25, -0.2) is 0 Å². The van der Waals surface area contributed by atoms with Crippen LogP contribution in [0.1, 0.15) is 25.8 Å². The third kappa shape index (κ3) is 4.36. The van der Waals surface area contributed by atoms with Crippen LogP contribution in [0.2, 0.25) is 0 Å². The van der Waals surface area contributed by atoms with Crippen molar-refractivity contribution in [2.24, 2.45) is 0 Å². The predicted molar refractivity (Wildman–Crippen MR) is 93.9 cm³/mol. The van der Waals surface area contributed by atoms with Gasteiger partial charge < -0.3 is 10.1 Å². The van der Waals surface area contributed by atoms with Gasteiger partial charge in [0.25, 0.3) is 5.91 Å². The molecule has 0 aliphatic carbocycles. The lowest BCUT2D eigenvalue weighted by Crippen LogP contribution is -2.45. The van der Waals surface area contributed by atoms with Crippen LogP contribution in [-0.4, -0.2) is 54.2 Å². The lowest BCUT2D eigenvalue weighted by atomic mass is 9.94. The van der Waals surface area contributed by atoms with E-state index in [0.29, 0.717) is 13.0 Å². The first kappa shape index (κ1) is 17.8. The van der Waals surface area contributed by atoms with Crippen LogP contribution in [0, 0.1) is 0 Å². The fourth-order valence-electron chi connectivity index (χ4n) is 2.99. The van der Waals surface area contributed by atoms with Gasteiger partial charge in [-0.15, -0.1) is 4.68 Å². The summed E-state index contributed by atoms with van der Waals surface area (Å²) in [6.07, 6.45) is 2.08. The maximum absolute atomic E-state index is 12.4. The number of ether oxygens (including phenoxy) is 1. The molecule has 136 valence electrons. The molecule has 0 radical (unpaired) electrons. The highest BCUT2D eigenvalue weighted by molar-refractivity contribution is 5.84. The highest BCUT2D eigenvalue weighted by Crippen LogP contribution is 2.23. The number of carbonyl (C=O) groups is 1. The molecule has 1 saturated heterocycles. The fourth-order valence-corrected chi connectivity index (χ4v) is 2.99.